The number of carbonyl (C=O) groups is 3. The molecule has 1 aromatic carbocycles. The number of amides is 4. The first-order valence-corrected chi connectivity index (χ1v) is 6.76. The Labute approximate surface area is 135 Å². The average molecular weight is 326 g/mol. The van der Waals surface area contributed by atoms with Gasteiger partial charge in [0.15, 0.2) is 5.41 Å². The lowest BCUT2D eigenvalue weighted by atomic mass is 9.73. The van der Waals surface area contributed by atoms with Crippen LogP contribution in [0.15, 0.2) is 30.3 Å². The fourth-order valence-corrected chi connectivity index (χ4v) is 2.47. The van der Waals surface area contributed by atoms with Crippen LogP contribution in [0.25, 0.3) is 0 Å². The van der Waals surface area contributed by atoms with Crippen LogP contribution in [0, 0.1) is 0 Å². The third-order valence-electron chi connectivity index (χ3n) is 3.98. The zero-order valence-corrected chi connectivity index (χ0v) is 13.6. The maximum Gasteiger partial charge on any atom is 0.328 e. The van der Waals surface area contributed by atoms with Gasteiger partial charge in [0.1, 0.15) is 0 Å². The molecule has 1 saturated heterocycles. The molecule has 0 aromatic heterocycles. The minimum atomic E-state index is -1.39. The Morgan fingerprint density at radius 3 is 2.00 bits per heavy atom. The van der Waals surface area contributed by atoms with Crippen molar-refractivity contribution >= 4 is 30.3 Å². The van der Waals surface area contributed by atoms with E-state index in [1.165, 1.54) is 0 Å². The van der Waals surface area contributed by atoms with Crippen LogP contribution in [0.4, 0.5) is 4.79 Å². The molecule has 1 fully saturated rings. The topological polar surface area (TPSA) is 78.5 Å². The second kappa shape index (κ2) is 6.89. The molecule has 1 unspecified atom stereocenters. The molecule has 1 heterocycles. The third kappa shape index (κ3) is 3.13. The van der Waals surface area contributed by atoms with Crippen LogP contribution in [0.5, 0.6) is 0 Å². The summed E-state index contributed by atoms with van der Waals surface area (Å²) in [6.07, 6.45) is 0.287. The van der Waals surface area contributed by atoms with Gasteiger partial charge in [0, 0.05) is 6.04 Å². The highest BCUT2D eigenvalue weighted by molar-refractivity contribution is 6.22. The summed E-state index contributed by atoms with van der Waals surface area (Å²) < 4.78 is 0. The molecule has 4 amide bonds. The highest BCUT2D eigenvalue weighted by atomic mass is 35.5. The van der Waals surface area contributed by atoms with Crippen molar-refractivity contribution in [2.75, 3.05) is 14.1 Å². The lowest BCUT2D eigenvalue weighted by molar-refractivity contribution is -0.139. The Kier molecular flexibility index (Phi) is 5.68. The molecule has 6 nitrogen and oxygen atoms in total. The quantitative estimate of drug-likeness (QED) is 0.811. The largest absolute Gasteiger partial charge is 0.328 e. The molecule has 2 rings (SSSR count). The van der Waals surface area contributed by atoms with Gasteiger partial charge in [-0.2, -0.15) is 0 Å². The van der Waals surface area contributed by atoms with Crippen LogP contribution in [0.3, 0.4) is 0 Å². The maximum atomic E-state index is 12.5. The van der Waals surface area contributed by atoms with Crippen LogP contribution in [0.1, 0.15) is 18.9 Å². The fourth-order valence-electron chi connectivity index (χ4n) is 2.47. The molecule has 1 aliphatic rings. The van der Waals surface area contributed by atoms with E-state index in [-0.39, 0.29) is 24.9 Å². The molecule has 1 aromatic rings. The first kappa shape index (κ1) is 18.1. The van der Waals surface area contributed by atoms with Crippen molar-refractivity contribution in [3.8, 4) is 0 Å². The third-order valence-corrected chi connectivity index (χ3v) is 3.98. The Hall–Kier alpha value is -1.92. The Bertz CT molecular complexity index is 555. The van der Waals surface area contributed by atoms with E-state index in [9.17, 15) is 14.4 Å². The van der Waals surface area contributed by atoms with Crippen LogP contribution in [-0.4, -0.2) is 42.9 Å². The van der Waals surface area contributed by atoms with Crippen LogP contribution < -0.4 is 10.6 Å². The monoisotopic (exact) mass is 325 g/mol. The minimum Gasteiger partial charge on any atom is -0.307 e. The van der Waals surface area contributed by atoms with Gasteiger partial charge >= 0.3 is 6.03 Å². The van der Waals surface area contributed by atoms with Gasteiger partial charge in [-0.15, -0.1) is 12.4 Å². The predicted molar refractivity (Wildman–Crippen MR) is 84.8 cm³/mol. The number of carbonyl (C=O) groups excluding carboxylic acids is 3. The molecule has 2 N–H and O–H groups in total. The van der Waals surface area contributed by atoms with Gasteiger partial charge in [0.25, 0.3) is 0 Å². The summed E-state index contributed by atoms with van der Waals surface area (Å²) in [5.74, 6) is -1.15. The molecule has 120 valence electrons. The predicted octanol–water partition coefficient (Wildman–Crippen LogP) is 1.05. The summed E-state index contributed by atoms with van der Waals surface area (Å²) in [7, 11) is 3.76. The van der Waals surface area contributed by atoms with Crippen molar-refractivity contribution in [3.05, 3.63) is 35.9 Å². The normalized spacial score (nSPS) is 18.3. The Morgan fingerprint density at radius 1 is 1.05 bits per heavy atom. The number of barbiturate groups is 1. The van der Waals surface area contributed by atoms with E-state index in [2.05, 4.69) is 10.6 Å². The van der Waals surface area contributed by atoms with Gasteiger partial charge in [0.2, 0.25) is 11.8 Å². The Balaban J connectivity index is 0.00000242. The number of imide groups is 2. The van der Waals surface area contributed by atoms with Gasteiger partial charge in [-0.05, 0) is 33.0 Å². The summed E-state index contributed by atoms with van der Waals surface area (Å²) in [5.41, 5.74) is -0.806. The van der Waals surface area contributed by atoms with Gasteiger partial charge in [-0.1, -0.05) is 30.3 Å². The van der Waals surface area contributed by atoms with E-state index in [0.29, 0.717) is 5.56 Å². The van der Waals surface area contributed by atoms with E-state index in [0.717, 1.165) is 0 Å². The Morgan fingerprint density at radius 2 is 1.55 bits per heavy atom. The standard InChI is InChI=1S/C15H19N3O3.ClH/c1-10(18(2)3)9-15(11-7-5-4-6-8-11)12(19)16-14(21)17-13(15)20;/h4-8,10H,9H2,1-3H3,(H2,16,17,19,20,21);1H. The minimum absolute atomic E-state index is 0. The van der Waals surface area contributed by atoms with E-state index in [1.54, 1.807) is 24.3 Å². The number of halogens is 1. The van der Waals surface area contributed by atoms with Gasteiger partial charge in [0.05, 0.1) is 0 Å². The molecule has 22 heavy (non-hydrogen) atoms. The summed E-state index contributed by atoms with van der Waals surface area (Å²) in [6.45, 7) is 1.93. The highest BCUT2D eigenvalue weighted by Gasteiger charge is 2.52. The van der Waals surface area contributed by atoms with Gasteiger partial charge in [-0.3, -0.25) is 20.2 Å². The zero-order valence-electron chi connectivity index (χ0n) is 12.8. The maximum absolute atomic E-state index is 12.5. The number of nitrogens with zero attached hydrogens (tertiary/aromatic N) is 1. The molecule has 0 aliphatic carbocycles. The molecular formula is C15H20ClN3O3. The lowest BCUT2D eigenvalue weighted by Gasteiger charge is -2.37. The molecule has 7 heteroatoms. The number of benzene rings is 1. The van der Waals surface area contributed by atoms with E-state index in [1.807, 2.05) is 32.0 Å². The fraction of sp³-hybridized carbons (Fsp3) is 0.400. The highest BCUT2D eigenvalue weighted by Crippen LogP contribution is 2.32. The average Bonchev–Trinajstić information content (AvgIpc) is 2.43. The van der Waals surface area contributed by atoms with Crippen molar-refractivity contribution in [2.24, 2.45) is 0 Å². The smallest absolute Gasteiger partial charge is 0.307 e. The first-order valence-electron chi connectivity index (χ1n) is 6.76. The van der Waals surface area contributed by atoms with Crippen molar-refractivity contribution in [1.29, 1.82) is 0 Å². The molecule has 1 atom stereocenters. The van der Waals surface area contributed by atoms with E-state index in [4.69, 9.17) is 0 Å². The number of urea groups is 1. The van der Waals surface area contributed by atoms with Crippen molar-refractivity contribution in [1.82, 2.24) is 15.5 Å². The molecule has 0 bridgehead atoms. The summed E-state index contributed by atoms with van der Waals surface area (Å²) in [4.78, 5) is 38.2. The molecule has 0 saturated carbocycles. The molecule has 1 aliphatic heterocycles. The summed E-state index contributed by atoms with van der Waals surface area (Å²) >= 11 is 0. The van der Waals surface area contributed by atoms with E-state index >= 15 is 0 Å². The number of hydrogen-bond donors (Lipinski definition) is 2. The van der Waals surface area contributed by atoms with Crippen molar-refractivity contribution in [2.45, 2.75) is 24.8 Å². The van der Waals surface area contributed by atoms with E-state index < -0.39 is 23.3 Å². The summed E-state index contributed by atoms with van der Waals surface area (Å²) in [6, 6.07) is 8.04. The van der Waals surface area contributed by atoms with Crippen LogP contribution >= 0.6 is 12.4 Å². The molecule has 0 spiro atoms. The van der Waals surface area contributed by atoms with Crippen molar-refractivity contribution in [3.63, 3.8) is 0 Å². The first-order chi connectivity index (χ1) is 9.87. The van der Waals surface area contributed by atoms with Crippen LogP contribution in [-0.2, 0) is 15.0 Å². The molecular weight excluding hydrogens is 306 g/mol. The van der Waals surface area contributed by atoms with Crippen LogP contribution in [0.2, 0.25) is 0 Å². The summed E-state index contributed by atoms with van der Waals surface area (Å²) in [5, 5.41) is 4.43. The second-order valence-corrected chi connectivity index (χ2v) is 5.53. The van der Waals surface area contributed by atoms with Gasteiger partial charge < -0.3 is 4.90 Å². The number of hydrogen-bond acceptors (Lipinski definition) is 4. The SMILES string of the molecule is CC(CC1(c2ccccc2)C(=O)NC(=O)NC1=O)N(C)C.Cl. The zero-order chi connectivity index (χ0) is 15.6. The number of rotatable bonds is 4. The second-order valence-electron chi connectivity index (χ2n) is 5.53. The molecule has 0 radical (unpaired) electrons. The van der Waals surface area contributed by atoms with Crippen molar-refractivity contribution < 1.29 is 14.4 Å². The number of nitrogens with one attached hydrogen (secondary N) is 2. The van der Waals surface area contributed by atoms with Gasteiger partial charge in [-0.25, -0.2) is 4.79 Å². The lowest BCUT2D eigenvalue weighted by Crippen LogP contribution is -2.65.